The van der Waals surface area contributed by atoms with Gasteiger partial charge in [-0.1, -0.05) is 65.1 Å². The number of rotatable bonds is 7. The molecule has 0 radical (unpaired) electrons. The van der Waals surface area contributed by atoms with Gasteiger partial charge in [-0.05, 0) is 54.4 Å². The Kier molecular flexibility index (Phi) is 7.22. The standard InChI is InChI=1S/C25H18Cl3N3O3/c26-19-11-10-18(14-20(19)27)30-23(32)16-6-8-17(9-7-16)29-22-21(28)24(33)31(25(22)34)13-12-15-4-2-1-3-5-15/h1-11,14,29H,12-13H2,(H,30,32). The SMILES string of the molecule is O=C(Nc1ccc(Cl)c(Cl)c1)c1ccc(NC2=C(Cl)C(=O)N(CCc3ccccc3)C2=O)cc1. The molecule has 0 saturated heterocycles. The molecule has 1 aliphatic rings. The van der Waals surface area contributed by atoms with Crippen molar-refractivity contribution in [2.75, 3.05) is 17.2 Å². The number of hydrogen-bond donors (Lipinski definition) is 2. The first-order valence-electron chi connectivity index (χ1n) is 10.3. The molecule has 1 aliphatic heterocycles. The van der Waals surface area contributed by atoms with Gasteiger partial charge >= 0.3 is 0 Å². The number of nitrogens with zero attached hydrogens (tertiary/aromatic N) is 1. The first kappa shape index (κ1) is 23.8. The Hall–Kier alpha value is -3.32. The van der Waals surface area contributed by atoms with E-state index in [1.807, 2.05) is 30.3 Å². The zero-order valence-corrected chi connectivity index (χ0v) is 19.9. The molecule has 0 fully saturated rings. The lowest BCUT2D eigenvalue weighted by Gasteiger charge is -2.15. The summed E-state index contributed by atoms with van der Waals surface area (Å²) in [6, 6.07) is 20.7. The number of anilines is 2. The van der Waals surface area contributed by atoms with E-state index < -0.39 is 11.8 Å². The molecule has 3 amide bonds. The molecule has 3 aromatic rings. The molecular formula is C25H18Cl3N3O3. The minimum Gasteiger partial charge on any atom is -0.350 e. The van der Waals surface area contributed by atoms with E-state index in [2.05, 4.69) is 10.6 Å². The molecule has 2 N–H and O–H groups in total. The number of benzene rings is 3. The molecule has 172 valence electrons. The van der Waals surface area contributed by atoms with Gasteiger partial charge in [0.05, 0.1) is 10.0 Å². The van der Waals surface area contributed by atoms with Crippen LogP contribution in [0.3, 0.4) is 0 Å². The lowest BCUT2D eigenvalue weighted by Crippen LogP contribution is -2.34. The summed E-state index contributed by atoms with van der Waals surface area (Å²) in [5.41, 5.74) is 2.41. The zero-order valence-electron chi connectivity index (χ0n) is 17.6. The van der Waals surface area contributed by atoms with Gasteiger partial charge in [0.25, 0.3) is 17.7 Å². The van der Waals surface area contributed by atoms with E-state index in [1.165, 1.54) is 0 Å². The second-order valence-corrected chi connectivity index (χ2v) is 8.66. The molecule has 34 heavy (non-hydrogen) atoms. The second-order valence-electron chi connectivity index (χ2n) is 7.47. The molecule has 0 atom stereocenters. The van der Waals surface area contributed by atoms with Gasteiger partial charge in [-0.3, -0.25) is 19.3 Å². The van der Waals surface area contributed by atoms with Crippen LogP contribution in [0, 0.1) is 0 Å². The summed E-state index contributed by atoms with van der Waals surface area (Å²) in [5, 5.41) is 6.19. The van der Waals surface area contributed by atoms with Crippen LogP contribution in [-0.2, 0) is 16.0 Å². The first-order valence-corrected chi connectivity index (χ1v) is 11.4. The molecule has 0 aliphatic carbocycles. The molecule has 0 spiro atoms. The number of carbonyl (C=O) groups is 3. The topological polar surface area (TPSA) is 78.5 Å². The smallest absolute Gasteiger partial charge is 0.278 e. The number of imide groups is 1. The van der Waals surface area contributed by atoms with Crippen LogP contribution in [0.25, 0.3) is 0 Å². The fraction of sp³-hybridized carbons (Fsp3) is 0.0800. The highest BCUT2D eigenvalue weighted by Gasteiger charge is 2.37. The molecule has 0 unspecified atom stereocenters. The van der Waals surface area contributed by atoms with Crippen molar-refractivity contribution in [3.8, 4) is 0 Å². The van der Waals surface area contributed by atoms with E-state index in [1.54, 1.807) is 42.5 Å². The quantitative estimate of drug-likeness (QED) is 0.395. The van der Waals surface area contributed by atoms with E-state index in [4.69, 9.17) is 34.8 Å². The van der Waals surface area contributed by atoms with Crippen molar-refractivity contribution in [1.82, 2.24) is 4.90 Å². The maximum atomic E-state index is 12.8. The summed E-state index contributed by atoms with van der Waals surface area (Å²) in [4.78, 5) is 38.9. The third-order valence-electron chi connectivity index (χ3n) is 5.17. The third kappa shape index (κ3) is 5.25. The van der Waals surface area contributed by atoms with Gasteiger partial charge in [0, 0.05) is 23.5 Å². The van der Waals surface area contributed by atoms with Crippen molar-refractivity contribution in [3.63, 3.8) is 0 Å². The number of hydrogen-bond acceptors (Lipinski definition) is 4. The van der Waals surface area contributed by atoms with Crippen LogP contribution in [0.2, 0.25) is 10.0 Å². The Balaban J connectivity index is 1.40. The van der Waals surface area contributed by atoms with Crippen LogP contribution in [-0.4, -0.2) is 29.2 Å². The van der Waals surface area contributed by atoms with Crippen molar-refractivity contribution >= 4 is 63.9 Å². The Labute approximate surface area is 211 Å². The molecule has 4 rings (SSSR count). The van der Waals surface area contributed by atoms with Gasteiger partial charge in [0.15, 0.2) is 0 Å². The average Bonchev–Trinajstić information content (AvgIpc) is 3.04. The summed E-state index contributed by atoms with van der Waals surface area (Å²) in [6.45, 7) is 0.219. The van der Waals surface area contributed by atoms with E-state index in [0.29, 0.717) is 33.4 Å². The molecule has 1 heterocycles. The summed E-state index contributed by atoms with van der Waals surface area (Å²) in [6.07, 6.45) is 0.526. The van der Waals surface area contributed by atoms with Gasteiger partial charge < -0.3 is 10.6 Å². The summed E-state index contributed by atoms with van der Waals surface area (Å²) in [5.74, 6) is -1.38. The van der Waals surface area contributed by atoms with Gasteiger partial charge in [0.1, 0.15) is 10.7 Å². The number of nitrogens with one attached hydrogen (secondary N) is 2. The Bertz CT molecular complexity index is 1290. The van der Waals surface area contributed by atoms with Crippen molar-refractivity contribution < 1.29 is 14.4 Å². The van der Waals surface area contributed by atoms with Crippen LogP contribution in [0.5, 0.6) is 0 Å². The Morgan fingerprint density at radius 2 is 1.47 bits per heavy atom. The van der Waals surface area contributed by atoms with Crippen molar-refractivity contribution in [3.05, 3.63) is 105 Å². The highest BCUT2D eigenvalue weighted by molar-refractivity contribution is 6.48. The van der Waals surface area contributed by atoms with Crippen LogP contribution in [0.4, 0.5) is 11.4 Å². The summed E-state index contributed by atoms with van der Waals surface area (Å²) in [7, 11) is 0. The molecule has 6 nitrogen and oxygen atoms in total. The molecule has 0 bridgehead atoms. The number of carbonyl (C=O) groups excluding carboxylic acids is 3. The predicted molar refractivity (Wildman–Crippen MR) is 134 cm³/mol. The van der Waals surface area contributed by atoms with E-state index in [9.17, 15) is 14.4 Å². The molecular weight excluding hydrogens is 497 g/mol. The minimum absolute atomic E-state index is 0.00716. The summed E-state index contributed by atoms with van der Waals surface area (Å²) >= 11 is 18.0. The molecule has 0 saturated carbocycles. The highest BCUT2D eigenvalue weighted by atomic mass is 35.5. The van der Waals surface area contributed by atoms with Crippen LogP contribution >= 0.6 is 34.8 Å². The fourth-order valence-electron chi connectivity index (χ4n) is 3.37. The highest BCUT2D eigenvalue weighted by Crippen LogP contribution is 2.27. The van der Waals surface area contributed by atoms with Crippen LogP contribution in [0.15, 0.2) is 83.5 Å². The predicted octanol–water partition coefficient (Wildman–Crippen LogP) is 5.72. The maximum Gasteiger partial charge on any atom is 0.278 e. The molecule has 9 heteroatoms. The maximum absolute atomic E-state index is 12.8. The zero-order chi connectivity index (χ0) is 24.2. The monoisotopic (exact) mass is 513 g/mol. The Morgan fingerprint density at radius 1 is 0.794 bits per heavy atom. The van der Waals surface area contributed by atoms with E-state index in [0.717, 1.165) is 10.5 Å². The van der Waals surface area contributed by atoms with Crippen molar-refractivity contribution in [2.24, 2.45) is 0 Å². The largest absolute Gasteiger partial charge is 0.350 e. The summed E-state index contributed by atoms with van der Waals surface area (Å²) < 4.78 is 0. The van der Waals surface area contributed by atoms with Crippen molar-refractivity contribution in [2.45, 2.75) is 6.42 Å². The second kappa shape index (κ2) is 10.3. The van der Waals surface area contributed by atoms with Gasteiger partial charge in [-0.25, -0.2) is 0 Å². The molecule has 0 aromatic heterocycles. The number of halogens is 3. The average molecular weight is 515 g/mol. The van der Waals surface area contributed by atoms with Gasteiger partial charge in [0.2, 0.25) is 0 Å². The third-order valence-corrected chi connectivity index (χ3v) is 6.26. The van der Waals surface area contributed by atoms with E-state index in [-0.39, 0.29) is 23.2 Å². The normalized spacial score (nSPS) is 13.4. The lowest BCUT2D eigenvalue weighted by atomic mass is 10.1. The Morgan fingerprint density at radius 3 is 2.15 bits per heavy atom. The van der Waals surface area contributed by atoms with Gasteiger partial charge in [-0.15, -0.1) is 0 Å². The lowest BCUT2D eigenvalue weighted by molar-refractivity contribution is -0.137. The first-order chi connectivity index (χ1) is 16.3. The minimum atomic E-state index is -0.539. The van der Waals surface area contributed by atoms with E-state index >= 15 is 0 Å². The van der Waals surface area contributed by atoms with Crippen molar-refractivity contribution in [1.29, 1.82) is 0 Å². The van der Waals surface area contributed by atoms with Gasteiger partial charge in [-0.2, -0.15) is 0 Å². The van der Waals surface area contributed by atoms with Crippen LogP contribution in [0.1, 0.15) is 15.9 Å². The molecule has 3 aromatic carbocycles. The fourth-order valence-corrected chi connectivity index (χ4v) is 3.90. The number of amides is 3. The van der Waals surface area contributed by atoms with Crippen LogP contribution < -0.4 is 10.6 Å².